The van der Waals surface area contributed by atoms with Crippen molar-refractivity contribution in [3.8, 4) is 5.75 Å². The minimum atomic E-state index is -0.852. The molecule has 1 saturated heterocycles. The summed E-state index contributed by atoms with van der Waals surface area (Å²) >= 11 is 0. The van der Waals surface area contributed by atoms with Crippen LogP contribution in [-0.2, 0) is 4.79 Å². The predicted octanol–water partition coefficient (Wildman–Crippen LogP) is 1.75. The second-order valence-electron chi connectivity index (χ2n) is 4.98. The van der Waals surface area contributed by atoms with E-state index in [4.69, 9.17) is 5.11 Å². The normalized spacial score (nSPS) is 18.6. The van der Waals surface area contributed by atoms with Crippen LogP contribution in [0.2, 0.25) is 0 Å². The summed E-state index contributed by atoms with van der Waals surface area (Å²) in [5, 5.41) is 18.3. The Morgan fingerprint density at radius 2 is 1.95 bits per heavy atom. The van der Waals surface area contributed by atoms with Gasteiger partial charge in [-0.3, -0.25) is 9.69 Å². The highest BCUT2D eigenvalue weighted by molar-refractivity contribution is 5.91. The highest BCUT2D eigenvalue weighted by Crippen LogP contribution is 2.21. The number of aliphatic carboxylic acids is 1. The maximum absolute atomic E-state index is 12.3. The molecule has 1 aromatic rings. The standard InChI is InChI=1S/C14H18N2O4/c1-15(11-4-6-12(17)7-5-11)14(20)16-8-2-3-10(9-16)13(18)19/h4-7,10,17H,2-3,8-9H2,1H3,(H,18,19)/t10-/m0/s1. The van der Waals surface area contributed by atoms with Gasteiger partial charge in [-0.2, -0.15) is 0 Å². The highest BCUT2D eigenvalue weighted by Gasteiger charge is 2.29. The van der Waals surface area contributed by atoms with Crippen LogP contribution in [0.15, 0.2) is 24.3 Å². The Bertz CT molecular complexity index is 500. The molecule has 1 fully saturated rings. The van der Waals surface area contributed by atoms with Gasteiger partial charge < -0.3 is 15.1 Å². The van der Waals surface area contributed by atoms with Gasteiger partial charge in [-0.15, -0.1) is 0 Å². The summed E-state index contributed by atoms with van der Waals surface area (Å²) in [7, 11) is 1.64. The van der Waals surface area contributed by atoms with Crippen LogP contribution in [0.3, 0.4) is 0 Å². The van der Waals surface area contributed by atoms with Gasteiger partial charge in [-0.1, -0.05) is 0 Å². The lowest BCUT2D eigenvalue weighted by Crippen LogP contribution is -2.47. The second-order valence-corrected chi connectivity index (χ2v) is 4.98. The first-order chi connectivity index (χ1) is 9.49. The maximum Gasteiger partial charge on any atom is 0.324 e. The van der Waals surface area contributed by atoms with E-state index in [9.17, 15) is 14.7 Å². The van der Waals surface area contributed by atoms with Crippen LogP contribution in [0.5, 0.6) is 5.75 Å². The fourth-order valence-corrected chi connectivity index (χ4v) is 2.35. The number of piperidine rings is 1. The summed E-state index contributed by atoms with van der Waals surface area (Å²) in [5.41, 5.74) is 0.658. The molecular weight excluding hydrogens is 260 g/mol. The first kappa shape index (κ1) is 14.2. The van der Waals surface area contributed by atoms with Gasteiger partial charge in [0, 0.05) is 25.8 Å². The molecule has 6 heteroatoms. The first-order valence-electron chi connectivity index (χ1n) is 6.53. The van der Waals surface area contributed by atoms with Crippen LogP contribution in [-0.4, -0.2) is 47.3 Å². The van der Waals surface area contributed by atoms with E-state index in [-0.39, 0.29) is 18.3 Å². The highest BCUT2D eigenvalue weighted by atomic mass is 16.4. The maximum atomic E-state index is 12.3. The molecule has 0 aromatic heterocycles. The molecule has 20 heavy (non-hydrogen) atoms. The van der Waals surface area contributed by atoms with Gasteiger partial charge in [0.05, 0.1) is 5.92 Å². The fourth-order valence-electron chi connectivity index (χ4n) is 2.35. The number of rotatable bonds is 2. The summed E-state index contributed by atoms with van der Waals surface area (Å²) in [6.45, 7) is 0.821. The average molecular weight is 278 g/mol. The van der Waals surface area contributed by atoms with Crippen molar-refractivity contribution in [2.45, 2.75) is 12.8 Å². The van der Waals surface area contributed by atoms with Gasteiger partial charge in [0.15, 0.2) is 0 Å². The number of anilines is 1. The third kappa shape index (κ3) is 3.01. The number of amides is 2. The Morgan fingerprint density at radius 1 is 1.30 bits per heavy atom. The number of phenols is 1. The van der Waals surface area contributed by atoms with Crippen LogP contribution in [0.1, 0.15) is 12.8 Å². The molecule has 0 aliphatic carbocycles. The van der Waals surface area contributed by atoms with E-state index in [1.54, 1.807) is 24.1 Å². The Balaban J connectivity index is 2.06. The number of urea groups is 1. The van der Waals surface area contributed by atoms with Crippen molar-refractivity contribution in [1.29, 1.82) is 0 Å². The summed E-state index contributed by atoms with van der Waals surface area (Å²) < 4.78 is 0. The number of carbonyl (C=O) groups is 2. The lowest BCUT2D eigenvalue weighted by atomic mass is 9.99. The molecule has 0 spiro atoms. The first-order valence-corrected chi connectivity index (χ1v) is 6.53. The molecular formula is C14H18N2O4. The number of likely N-dealkylation sites (tertiary alicyclic amines) is 1. The second kappa shape index (κ2) is 5.81. The number of carboxylic acids is 1. The molecule has 2 rings (SSSR count). The minimum absolute atomic E-state index is 0.138. The molecule has 6 nitrogen and oxygen atoms in total. The number of nitrogens with zero attached hydrogens (tertiary/aromatic N) is 2. The Labute approximate surface area is 117 Å². The summed E-state index contributed by atoms with van der Waals surface area (Å²) in [4.78, 5) is 26.4. The van der Waals surface area contributed by atoms with E-state index < -0.39 is 11.9 Å². The number of hydrogen-bond donors (Lipinski definition) is 2. The van der Waals surface area contributed by atoms with Crippen molar-refractivity contribution in [2.24, 2.45) is 5.92 Å². The van der Waals surface area contributed by atoms with Crippen molar-refractivity contribution in [2.75, 3.05) is 25.0 Å². The van der Waals surface area contributed by atoms with Gasteiger partial charge in [-0.05, 0) is 37.1 Å². The lowest BCUT2D eigenvalue weighted by molar-refractivity contribution is -0.143. The molecule has 0 unspecified atom stereocenters. The molecule has 1 atom stereocenters. The van der Waals surface area contributed by atoms with Gasteiger partial charge in [0.2, 0.25) is 0 Å². The van der Waals surface area contributed by atoms with Crippen LogP contribution >= 0.6 is 0 Å². The number of aromatic hydroxyl groups is 1. The third-order valence-corrected chi connectivity index (χ3v) is 3.57. The molecule has 1 heterocycles. The molecule has 2 N–H and O–H groups in total. The number of carbonyl (C=O) groups excluding carboxylic acids is 1. The van der Waals surface area contributed by atoms with Crippen LogP contribution in [0.4, 0.5) is 10.5 Å². The van der Waals surface area contributed by atoms with E-state index in [0.717, 1.165) is 0 Å². The fraction of sp³-hybridized carbons (Fsp3) is 0.429. The lowest BCUT2D eigenvalue weighted by Gasteiger charge is -2.33. The Kier molecular flexibility index (Phi) is 4.12. The van der Waals surface area contributed by atoms with Crippen LogP contribution in [0.25, 0.3) is 0 Å². The number of carboxylic acid groups (broad SMARTS) is 1. The van der Waals surface area contributed by atoms with Crippen molar-refractivity contribution in [3.63, 3.8) is 0 Å². The van der Waals surface area contributed by atoms with Crippen molar-refractivity contribution < 1.29 is 19.8 Å². The van der Waals surface area contributed by atoms with E-state index in [0.29, 0.717) is 25.1 Å². The molecule has 1 aliphatic rings. The minimum Gasteiger partial charge on any atom is -0.508 e. The monoisotopic (exact) mass is 278 g/mol. The largest absolute Gasteiger partial charge is 0.508 e. The zero-order valence-corrected chi connectivity index (χ0v) is 11.3. The van der Waals surface area contributed by atoms with Crippen molar-refractivity contribution in [3.05, 3.63) is 24.3 Å². The molecule has 0 saturated carbocycles. The van der Waals surface area contributed by atoms with Crippen LogP contribution < -0.4 is 4.90 Å². The topological polar surface area (TPSA) is 81.1 Å². The Hall–Kier alpha value is -2.24. The molecule has 108 valence electrons. The number of phenolic OH excluding ortho intramolecular Hbond substituents is 1. The molecule has 1 aliphatic heterocycles. The molecule has 1 aromatic carbocycles. The third-order valence-electron chi connectivity index (χ3n) is 3.57. The van der Waals surface area contributed by atoms with Crippen molar-refractivity contribution in [1.82, 2.24) is 4.90 Å². The quantitative estimate of drug-likeness (QED) is 0.863. The van der Waals surface area contributed by atoms with E-state index >= 15 is 0 Å². The zero-order chi connectivity index (χ0) is 14.7. The molecule has 2 amide bonds. The molecule has 0 radical (unpaired) electrons. The van der Waals surface area contributed by atoms with Crippen LogP contribution in [0, 0.1) is 5.92 Å². The van der Waals surface area contributed by atoms with E-state index in [2.05, 4.69) is 0 Å². The van der Waals surface area contributed by atoms with Gasteiger partial charge >= 0.3 is 12.0 Å². The number of hydrogen-bond acceptors (Lipinski definition) is 3. The summed E-state index contributed by atoms with van der Waals surface area (Å²) in [6.07, 6.45) is 1.31. The summed E-state index contributed by atoms with van der Waals surface area (Å²) in [6, 6.07) is 6.09. The van der Waals surface area contributed by atoms with Gasteiger partial charge in [-0.25, -0.2) is 4.79 Å². The van der Waals surface area contributed by atoms with Crippen molar-refractivity contribution >= 4 is 17.7 Å². The summed E-state index contributed by atoms with van der Waals surface area (Å²) in [5.74, 6) is -1.20. The number of benzene rings is 1. The van der Waals surface area contributed by atoms with Gasteiger partial charge in [0.25, 0.3) is 0 Å². The molecule has 0 bridgehead atoms. The zero-order valence-electron chi connectivity index (χ0n) is 11.3. The van der Waals surface area contributed by atoms with Gasteiger partial charge in [0.1, 0.15) is 5.75 Å². The average Bonchev–Trinajstić information content (AvgIpc) is 2.46. The van der Waals surface area contributed by atoms with E-state index in [1.165, 1.54) is 17.0 Å². The predicted molar refractivity (Wildman–Crippen MR) is 73.8 cm³/mol. The Morgan fingerprint density at radius 3 is 2.55 bits per heavy atom. The van der Waals surface area contributed by atoms with E-state index in [1.807, 2.05) is 0 Å². The SMILES string of the molecule is CN(C(=O)N1CCC[C@H](C(=O)O)C1)c1ccc(O)cc1. The smallest absolute Gasteiger partial charge is 0.324 e.